The number of ether oxygens (including phenoxy) is 1. The summed E-state index contributed by atoms with van der Waals surface area (Å²) < 4.78 is 6.66. The van der Waals surface area contributed by atoms with Gasteiger partial charge in [-0.05, 0) is 41.1 Å². The Labute approximate surface area is 106 Å². The first-order chi connectivity index (χ1) is 7.15. The predicted octanol–water partition coefficient (Wildman–Crippen LogP) is 3.94. The highest BCUT2D eigenvalue weighted by atomic mass is 79.9. The van der Waals surface area contributed by atoms with Crippen LogP contribution in [0.2, 0.25) is 0 Å². The van der Waals surface area contributed by atoms with Gasteiger partial charge >= 0.3 is 5.97 Å². The van der Waals surface area contributed by atoms with Crippen molar-refractivity contribution in [3.05, 3.63) is 44.9 Å². The Hall–Kier alpha value is -0.610. The van der Waals surface area contributed by atoms with Gasteiger partial charge in [-0.1, -0.05) is 28.1 Å². The molecule has 0 aliphatic heterocycles. The lowest BCUT2D eigenvalue weighted by atomic mass is 10.2. The zero-order chi connectivity index (χ0) is 11.3. The Morgan fingerprint density at radius 2 is 2.20 bits per heavy atom. The van der Waals surface area contributed by atoms with Crippen molar-refractivity contribution in [2.24, 2.45) is 0 Å². The molecule has 0 fully saturated rings. The number of carbonyl (C=O) groups is 1. The van der Waals surface area contributed by atoms with Crippen molar-refractivity contribution in [3.63, 3.8) is 0 Å². The molecule has 0 aromatic heterocycles. The molecule has 0 unspecified atom stereocenters. The van der Waals surface area contributed by atoms with Crippen molar-refractivity contribution in [3.8, 4) is 0 Å². The standard InChI is InChI=1S/C11H10Br2O2/c1-2-3-6-15-11(14)9-5-4-8(12)7-10(9)13/h2-5,7H,6H2,1H3. The Morgan fingerprint density at radius 1 is 1.47 bits per heavy atom. The minimum Gasteiger partial charge on any atom is -0.458 e. The minimum absolute atomic E-state index is 0.303. The molecule has 1 aromatic rings. The molecule has 0 atom stereocenters. The van der Waals surface area contributed by atoms with Crippen LogP contribution in [0.5, 0.6) is 0 Å². The minimum atomic E-state index is -0.326. The fourth-order valence-electron chi connectivity index (χ4n) is 0.953. The SMILES string of the molecule is CC=CCOC(=O)c1ccc(Br)cc1Br. The number of esters is 1. The maximum absolute atomic E-state index is 11.6. The first-order valence-corrected chi connectivity index (χ1v) is 5.97. The van der Waals surface area contributed by atoms with Crippen LogP contribution < -0.4 is 0 Å². The molecule has 0 saturated heterocycles. The quantitative estimate of drug-likeness (QED) is 0.618. The van der Waals surface area contributed by atoms with E-state index in [4.69, 9.17) is 4.74 Å². The summed E-state index contributed by atoms with van der Waals surface area (Å²) in [6.07, 6.45) is 3.62. The molecule has 0 spiro atoms. The smallest absolute Gasteiger partial charge is 0.339 e. The molecule has 0 saturated carbocycles. The normalized spacial score (nSPS) is 10.6. The third-order valence-corrected chi connectivity index (χ3v) is 2.85. The van der Waals surface area contributed by atoms with Gasteiger partial charge in [0.2, 0.25) is 0 Å². The summed E-state index contributed by atoms with van der Waals surface area (Å²) in [5.41, 5.74) is 0.530. The number of halogens is 2. The molecule has 0 heterocycles. The molecule has 2 nitrogen and oxygen atoms in total. The van der Waals surface area contributed by atoms with E-state index in [9.17, 15) is 4.79 Å². The van der Waals surface area contributed by atoms with Gasteiger partial charge < -0.3 is 4.74 Å². The van der Waals surface area contributed by atoms with Gasteiger partial charge in [-0.25, -0.2) is 4.79 Å². The van der Waals surface area contributed by atoms with Crippen LogP contribution in [0.1, 0.15) is 17.3 Å². The molecule has 0 aliphatic rings. The summed E-state index contributed by atoms with van der Waals surface area (Å²) in [6, 6.07) is 5.33. The molecular weight excluding hydrogens is 324 g/mol. The maximum Gasteiger partial charge on any atom is 0.339 e. The lowest BCUT2D eigenvalue weighted by Gasteiger charge is -2.04. The highest BCUT2D eigenvalue weighted by Gasteiger charge is 2.10. The van der Waals surface area contributed by atoms with Crippen molar-refractivity contribution in [2.75, 3.05) is 6.61 Å². The lowest BCUT2D eigenvalue weighted by molar-refractivity contribution is 0.0548. The van der Waals surface area contributed by atoms with Crippen LogP contribution in [0.15, 0.2) is 39.3 Å². The zero-order valence-corrected chi connectivity index (χ0v) is 11.3. The molecule has 0 aliphatic carbocycles. The summed E-state index contributed by atoms with van der Waals surface area (Å²) in [5, 5.41) is 0. The number of carbonyl (C=O) groups excluding carboxylic acids is 1. The van der Waals surface area contributed by atoms with E-state index in [1.54, 1.807) is 18.2 Å². The average Bonchev–Trinajstić information content (AvgIpc) is 2.17. The average molecular weight is 334 g/mol. The third kappa shape index (κ3) is 3.80. The van der Waals surface area contributed by atoms with E-state index in [1.807, 2.05) is 19.1 Å². The number of benzene rings is 1. The van der Waals surface area contributed by atoms with Crippen LogP contribution in [0.3, 0.4) is 0 Å². The van der Waals surface area contributed by atoms with Crippen LogP contribution in [-0.4, -0.2) is 12.6 Å². The fourth-order valence-corrected chi connectivity index (χ4v) is 2.16. The van der Waals surface area contributed by atoms with Gasteiger partial charge in [0, 0.05) is 8.95 Å². The second-order valence-corrected chi connectivity index (χ2v) is 4.56. The molecule has 1 aromatic carbocycles. The van der Waals surface area contributed by atoms with Crippen LogP contribution >= 0.6 is 31.9 Å². The lowest BCUT2D eigenvalue weighted by Crippen LogP contribution is -2.05. The van der Waals surface area contributed by atoms with Crippen LogP contribution in [0.25, 0.3) is 0 Å². The van der Waals surface area contributed by atoms with Gasteiger partial charge in [0.05, 0.1) is 5.56 Å². The number of hydrogen-bond acceptors (Lipinski definition) is 2. The van der Waals surface area contributed by atoms with Crippen molar-refractivity contribution >= 4 is 37.8 Å². The van der Waals surface area contributed by atoms with Crippen molar-refractivity contribution in [1.82, 2.24) is 0 Å². The highest BCUT2D eigenvalue weighted by Crippen LogP contribution is 2.22. The molecule has 0 radical (unpaired) electrons. The van der Waals surface area contributed by atoms with Gasteiger partial charge in [0.25, 0.3) is 0 Å². The van der Waals surface area contributed by atoms with E-state index in [2.05, 4.69) is 31.9 Å². The van der Waals surface area contributed by atoms with Crippen LogP contribution in [0.4, 0.5) is 0 Å². The summed E-state index contributed by atoms with van der Waals surface area (Å²) in [5.74, 6) is -0.326. The van der Waals surface area contributed by atoms with E-state index in [0.29, 0.717) is 12.2 Å². The third-order valence-electron chi connectivity index (χ3n) is 1.70. The van der Waals surface area contributed by atoms with Crippen molar-refractivity contribution in [2.45, 2.75) is 6.92 Å². The van der Waals surface area contributed by atoms with Gasteiger partial charge in [-0.2, -0.15) is 0 Å². The monoisotopic (exact) mass is 332 g/mol. The number of allylic oxidation sites excluding steroid dienone is 1. The summed E-state index contributed by atoms with van der Waals surface area (Å²) in [4.78, 5) is 11.6. The summed E-state index contributed by atoms with van der Waals surface area (Å²) in [6.45, 7) is 2.18. The molecule has 0 amide bonds. The summed E-state index contributed by atoms with van der Waals surface area (Å²) in [7, 11) is 0. The number of hydrogen-bond donors (Lipinski definition) is 0. The van der Waals surface area contributed by atoms with Crippen molar-refractivity contribution < 1.29 is 9.53 Å². The van der Waals surface area contributed by atoms with Gasteiger partial charge in [0.15, 0.2) is 0 Å². The zero-order valence-electron chi connectivity index (χ0n) is 8.17. The molecule has 15 heavy (non-hydrogen) atoms. The second-order valence-electron chi connectivity index (χ2n) is 2.79. The largest absolute Gasteiger partial charge is 0.458 e. The second kappa shape index (κ2) is 6.08. The fraction of sp³-hybridized carbons (Fsp3) is 0.182. The van der Waals surface area contributed by atoms with E-state index >= 15 is 0 Å². The van der Waals surface area contributed by atoms with Gasteiger partial charge in [-0.3, -0.25) is 0 Å². The molecule has 0 N–H and O–H groups in total. The van der Waals surface area contributed by atoms with Gasteiger partial charge in [0.1, 0.15) is 6.61 Å². The predicted molar refractivity (Wildman–Crippen MR) is 66.9 cm³/mol. The Bertz CT molecular complexity index is 386. The molecule has 0 bridgehead atoms. The maximum atomic E-state index is 11.6. The molecule has 4 heteroatoms. The first kappa shape index (κ1) is 12.5. The highest BCUT2D eigenvalue weighted by molar-refractivity contribution is 9.11. The van der Waals surface area contributed by atoms with E-state index in [0.717, 1.165) is 8.95 Å². The molecule has 80 valence electrons. The molecule has 1 rings (SSSR count). The number of rotatable bonds is 3. The Kier molecular flexibility index (Phi) is 5.05. The van der Waals surface area contributed by atoms with Crippen molar-refractivity contribution in [1.29, 1.82) is 0 Å². The topological polar surface area (TPSA) is 26.3 Å². The molecular formula is C11H10Br2O2. The Balaban J connectivity index is 2.73. The van der Waals surface area contributed by atoms with Crippen LogP contribution in [-0.2, 0) is 4.74 Å². The van der Waals surface area contributed by atoms with Gasteiger partial charge in [-0.15, -0.1) is 0 Å². The van der Waals surface area contributed by atoms with E-state index in [1.165, 1.54) is 0 Å². The van der Waals surface area contributed by atoms with E-state index < -0.39 is 0 Å². The Morgan fingerprint density at radius 3 is 2.80 bits per heavy atom. The van der Waals surface area contributed by atoms with Crippen LogP contribution in [0, 0.1) is 0 Å². The van der Waals surface area contributed by atoms with E-state index in [-0.39, 0.29) is 5.97 Å². The first-order valence-electron chi connectivity index (χ1n) is 4.38. The summed E-state index contributed by atoms with van der Waals surface area (Å²) >= 11 is 6.62.